The molecule has 4 heteroatoms. The van der Waals surface area contributed by atoms with Crippen molar-refractivity contribution in [2.45, 2.75) is 12.8 Å². The van der Waals surface area contributed by atoms with Crippen molar-refractivity contribution < 1.29 is 4.39 Å². The van der Waals surface area contributed by atoms with Crippen LogP contribution in [0.2, 0.25) is 5.02 Å². The number of rotatable bonds is 6. The lowest BCUT2D eigenvalue weighted by Crippen LogP contribution is -2.23. The molecule has 112 valence electrons. The molecule has 0 radical (unpaired) electrons. The highest BCUT2D eigenvalue weighted by Crippen LogP contribution is 2.23. The van der Waals surface area contributed by atoms with E-state index in [0.717, 1.165) is 35.5 Å². The zero-order valence-electron chi connectivity index (χ0n) is 11.9. The fourth-order valence-corrected chi connectivity index (χ4v) is 3.12. The number of hydrogen-bond acceptors (Lipinski definition) is 1. The fraction of sp³-hybridized carbons (Fsp3) is 0.294. The van der Waals surface area contributed by atoms with Gasteiger partial charge in [-0.2, -0.15) is 0 Å². The van der Waals surface area contributed by atoms with Gasteiger partial charge in [0, 0.05) is 5.02 Å². The van der Waals surface area contributed by atoms with E-state index < -0.39 is 0 Å². The quantitative estimate of drug-likeness (QED) is 0.765. The second kappa shape index (κ2) is 7.92. The van der Waals surface area contributed by atoms with E-state index in [1.807, 2.05) is 37.4 Å². The lowest BCUT2D eigenvalue weighted by Gasteiger charge is -2.18. The molecule has 0 aliphatic rings. The average molecular weight is 371 g/mol. The minimum Gasteiger partial charge on any atom is -0.319 e. The van der Waals surface area contributed by atoms with Gasteiger partial charge in [-0.05, 0) is 77.6 Å². The normalized spacial score (nSPS) is 12.4. The minimum absolute atomic E-state index is 0.227. The van der Waals surface area contributed by atoms with Crippen molar-refractivity contribution in [2.24, 2.45) is 5.92 Å². The molecule has 0 bridgehead atoms. The van der Waals surface area contributed by atoms with Crippen LogP contribution in [0, 0.1) is 11.7 Å². The standard InChI is InChI=1S/C17H18BrClFN/c1-21-11-13(9-14-4-2-3-5-16(14)19)8-12-6-7-17(20)15(18)10-12/h2-7,10,13,21H,8-9,11H2,1H3. The van der Waals surface area contributed by atoms with Gasteiger partial charge in [0.15, 0.2) is 0 Å². The summed E-state index contributed by atoms with van der Waals surface area (Å²) in [6.07, 6.45) is 1.78. The second-order valence-electron chi connectivity index (χ2n) is 5.17. The molecular weight excluding hydrogens is 353 g/mol. The molecule has 2 aromatic carbocycles. The van der Waals surface area contributed by atoms with Gasteiger partial charge in [-0.3, -0.25) is 0 Å². The van der Waals surface area contributed by atoms with E-state index in [9.17, 15) is 4.39 Å². The summed E-state index contributed by atoms with van der Waals surface area (Å²) >= 11 is 9.48. The zero-order chi connectivity index (χ0) is 15.2. The van der Waals surface area contributed by atoms with Gasteiger partial charge < -0.3 is 5.32 Å². The third kappa shape index (κ3) is 4.80. The Bertz CT molecular complexity index is 603. The molecule has 2 rings (SSSR count). The van der Waals surface area contributed by atoms with Crippen LogP contribution in [0.25, 0.3) is 0 Å². The second-order valence-corrected chi connectivity index (χ2v) is 6.43. The first-order valence-corrected chi connectivity index (χ1v) is 8.09. The molecule has 1 N–H and O–H groups in total. The van der Waals surface area contributed by atoms with Gasteiger partial charge in [-0.15, -0.1) is 0 Å². The maximum atomic E-state index is 13.3. The summed E-state index contributed by atoms with van der Waals surface area (Å²) in [4.78, 5) is 0. The average Bonchev–Trinajstić information content (AvgIpc) is 2.46. The van der Waals surface area contributed by atoms with E-state index in [1.165, 1.54) is 6.07 Å². The van der Waals surface area contributed by atoms with Crippen molar-refractivity contribution in [3.8, 4) is 0 Å². The van der Waals surface area contributed by atoms with Crippen molar-refractivity contribution in [3.05, 3.63) is 68.9 Å². The van der Waals surface area contributed by atoms with Crippen molar-refractivity contribution in [3.63, 3.8) is 0 Å². The molecular formula is C17H18BrClFN. The van der Waals surface area contributed by atoms with Crippen molar-refractivity contribution in [2.75, 3.05) is 13.6 Å². The van der Waals surface area contributed by atoms with Gasteiger partial charge in [-0.1, -0.05) is 35.9 Å². The molecule has 1 atom stereocenters. The molecule has 0 heterocycles. The maximum absolute atomic E-state index is 13.3. The van der Waals surface area contributed by atoms with E-state index in [4.69, 9.17) is 11.6 Å². The molecule has 0 aliphatic heterocycles. The third-order valence-corrected chi connectivity index (χ3v) is 4.44. The number of nitrogens with one attached hydrogen (secondary N) is 1. The molecule has 0 saturated heterocycles. The molecule has 0 aliphatic carbocycles. The Hall–Kier alpha value is -0.900. The summed E-state index contributed by atoms with van der Waals surface area (Å²) < 4.78 is 13.8. The van der Waals surface area contributed by atoms with E-state index in [2.05, 4.69) is 27.3 Å². The molecule has 0 fully saturated rings. The van der Waals surface area contributed by atoms with Crippen LogP contribution in [0.1, 0.15) is 11.1 Å². The predicted octanol–water partition coefficient (Wildman–Crippen LogP) is 4.86. The molecule has 1 nitrogen and oxygen atoms in total. The Balaban J connectivity index is 2.11. The Kier molecular flexibility index (Phi) is 6.22. The largest absolute Gasteiger partial charge is 0.319 e. The van der Waals surface area contributed by atoms with Crippen LogP contribution in [-0.2, 0) is 12.8 Å². The molecule has 0 amide bonds. The van der Waals surface area contributed by atoms with Crippen molar-refractivity contribution in [1.29, 1.82) is 0 Å². The van der Waals surface area contributed by atoms with Crippen LogP contribution in [0.3, 0.4) is 0 Å². The molecule has 1 unspecified atom stereocenters. The first-order valence-electron chi connectivity index (χ1n) is 6.92. The lowest BCUT2D eigenvalue weighted by molar-refractivity contribution is 0.492. The van der Waals surface area contributed by atoms with Gasteiger partial charge >= 0.3 is 0 Å². The Morgan fingerprint density at radius 1 is 1.19 bits per heavy atom. The molecule has 0 saturated carbocycles. The zero-order valence-corrected chi connectivity index (χ0v) is 14.2. The van der Waals surface area contributed by atoms with Crippen LogP contribution in [0.4, 0.5) is 4.39 Å². The molecule has 0 spiro atoms. The summed E-state index contributed by atoms with van der Waals surface area (Å²) in [6.45, 7) is 0.889. The van der Waals surface area contributed by atoms with E-state index in [0.29, 0.717) is 10.4 Å². The summed E-state index contributed by atoms with van der Waals surface area (Å²) in [5.74, 6) is 0.183. The highest BCUT2D eigenvalue weighted by atomic mass is 79.9. The van der Waals surface area contributed by atoms with E-state index in [1.54, 1.807) is 0 Å². The lowest BCUT2D eigenvalue weighted by atomic mass is 9.92. The van der Waals surface area contributed by atoms with E-state index in [-0.39, 0.29) is 5.82 Å². The third-order valence-electron chi connectivity index (χ3n) is 3.47. The van der Waals surface area contributed by atoms with E-state index >= 15 is 0 Å². The van der Waals surface area contributed by atoms with Crippen molar-refractivity contribution >= 4 is 27.5 Å². The van der Waals surface area contributed by atoms with Crippen LogP contribution in [-0.4, -0.2) is 13.6 Å². The fourth-order valence-electron chi connectivity index (χ4n) is 2.48. The molecule has 0 aromatic heterocycles. The molecule has 21 heavy (non-hydrogen) atoms. The first-order chi connectivity index (χ1) is 10.1. The summed E-state index contributed by atoms with van der Waals surface area (Å²) in [5.41, 5.74) is 2.27. The van der Waals surface area contributed by atoms with Crippen LogP contribution in [0.15, 0.2) is 46.9 Å². The number of halogens is 3. The summed E-state index contributed by atoms with van der Waals surface area (Å²) in [6, 6.07) is 13.1. The monoisotopic (exact) mass is 369 g/mol. The highest BCUT2D eigenvalue weighted by Gasteiger charge is 2.13. The smallest absolute Gasteiger partial charge is 0.137 e. The predicted molar refractivity (Wildman–Crippen MR) is 90.4 cm³/mol. The Labute approximate surface area is 138 Å². The number of benzene rings is 2. The van der Waals surface area contributed by atoms with Crippen molar-refractivity contribution in [1.82, 2.24) is 5.32 Å². The Morgan fingerprint density at radius 3 is 2.62 bits per heavy atom. The SMILES string of the molecule is CNCC(Cc1ccc(F)c(Br)c1)Cc1ccccc1Cl. The van der Waals surface area contributed by atoms with Gasteiger partial charge in [0.1, 0.15) is 5.82 Å². The summed E-state index contributed by atoms with van der Waals surface area (Å²) in [5, 5.41) is 4.03. The van der Waals surface area contributed by atoms with Gasteiger partial charge in [0.2, 0.25) is 0 Å². The minimum atomic E-state index is -0.227. The van der Waals surface area contributed by atoms with Gasteiger partial charge in [-0.25, -0.2) is 4.39 Å². The van der Waals surface area contributed by atoms with Gasteiger partial charge in [0.25, 0.3) is 0 Å². The number of hydrogen-bond donors (Lipinski definition) is 1. The van der Waals surface area contributed by atoms with Gasteiger partial charge in [0.05, 0.1) is 4.47 Å². The first kappa shape index (κ1) is 16.5. The van der Waals surface area contributed by atoms with Crippen LogP contribution < -0.4 is 5.32 Å². The topological polar surface area (TPSA) is 12.0 Å². The summed E-state index contributed by atoms with van der Waals surface area (Å²) in [7, 11) is 1.94. The molecule has 2 aromatic rings. The Morgan fingerprint density at radius 2 is 1.95 bits per heavy atom. The maximum Gasteiger partial charge on any atom is 0.137 e. The van der Waals surface area contributed by atoms with Crippen LogP contribution >= 0.6 is 27.5 Å². The highest BCUT2D eigenvalue weighted by molar-refractivity contribution is 9.10. The van der Waals surface area contributed by atoms with Crippen LogP contribution in [0.5, 0.6) is 0 Å².